The lowest BCUT2D eigenvalue weighted by Gasteiger charge is -2.14. The maximum Gasteiger partial charge on any atom is 0.307 e. The molecule has 0 atom stereocenters. The van der Waals surface area contributed by atoms with E-state index in [0.717, 1.165) is 27.8 Å². The van der Waals surface area contributed by atoms with Gasteiger partial charge >= 0.3 is 5.97 Å². The number of benzene rings is 3. The summed E-state index contributed by atoms with van der Waals surface area (Å²) in [5.74, 6) is -0.616. The van der Waals surface area contributed by atoms with E-state index in [9.17, 15) is 14.0 Å². The molecule has 0 aliphatic carbocycles. The second-order valence-corrected chi connectivity index (χ2v) is 7.61. The molecule has 0 bridgehead atoms. The molecule has 0 saturated heterocycles. The summed E-state index contributed by atoms with van der Waals surface area (Å²) in [6, 6.07) is 18.4. The van der Waals surface area contributed by atoms with Crippen molar-refractivity contribution >= 4 is 11.9 Å². The Labute approximate surface area is 181 Å². The van der Waals surface area contributed by atoms with Crippen LogP contribution < -0.4 is 0 Å². The standard InChI is InChI=1S/C26H24FNO3/c1-3-31-25(29)13-14-28-16-19-15-18(11-12-22(19)26(28)30)20-8-6-9-21(17(20)2)23-7-4-5-10-24(23)27/h4-12,15H,3,13-14,16H2,1-2H3. The number of carbonyl (C=O) groups is 2. The molecule has 158 valence electrons. The van der Waals surface area contributed by atoms with Crippen molar-refractivity contribution in [3.63, 3.8) is 0 Å². The summed E-state index contributed by atoms with van der Waals surface area (Å²) in [7, 11) is 0. The van der Waals surface area contributed by atoms with E-state index >= 15 is 0 Å². The SMILES string of the molecule is CCOC(=O)CCN1Cc2cc(-c3cccc(-c4ccccc4F)c3C)ccc2C1=O. The van der Waals surface area contributed by atoms with Crippen LogP contribution in [0.15, 0.2) is 60.7 Å². The zero-order valence-electron chi connectivity index (χ0n) is 17.7. The third kappa shape index (κ3) is 4.08. The van der Waals surface area contributed by atoms with Gasteiger partial charge in [-0.2, -0.15) is 0 Å². The lowest BCUT2D eigenvalue weighted by atomic mass is 9.91. The van der Waals surface area contributed by atoms with E-state index in [4.69, 9.17) is 4.74 Å². The monoisotopic (exact) mass is 417 g/mol. The van der Waals surface area contributed by atoms with E-state index in [1.54, 1.807) is 24.0 Å². The van der Waals surface area contributed by atoms with Gasteiger partial charge in [-0.15, -0.1) is 0 Å². The summed E-state index contributed by atoms with van der Waals surface area (Å²) in [4.78, 5) is 26.0. The minimum Gasteiger partial charge on any atom is -0.466 e. The first kappa shape index (κ1) is 20.8. The Morgan fingerprint density at radius 1 is 1.00 bits per heavy atom. The first-order chi connectivity index (χ1) is 15.0. The largest absolute Gasteiger partial charge is 0.466 e. The summed E-state index contributed by atoms with van der Waals surface area (Å²) in [5, 5.41) is 0. The number of hydrogen-bond donors (Lipinski definition) is 0. The van der Waals surface area contributed by atoms with E-state index in [-0.39, 0.29) is 24.1 Å². The molecule has 0 aromatic heterocycles. The van der Waals surface area contributed by atoms with Gasteiger partial charge in [-0.1, -0.05) is 42.5 Å². The highest BCUT2D eigenvalue weighted by Crippen LogP contribution is 2.35. The predicted molar refractivity (Wildman–Crippen MR) is 118 cm³/mol. The Bertz CT molecular complexity index is 1160. The van der Waals surface area contributed by atoms with E-state index in [1.165, 1.54) is 6.07 Å². The minimum absolute atomic E-state index is 0.0670. The third-order valence-electron chi connectivity index (χ3n) is 5.68. The fourth-order valence-corrected chi connectivity index (χ4v) is 4.11. The molecule has 1 amide bonds. The normalized spacial score (nSPS) is 12.7. The third-order valence-corrected chi connectivity index (χ3v) is 5.68. The summed E-state index contributed by atoms with van der Waals surface area (Å²) < 4.78 is 19.3. The van der Waals surface area contributed by atoms with Crippen LogP contribution >= 0.6 is 0 Å². The average molecular weight is 417 g/mol. The van der Waals surface area contributed by atoms with Crippen LogP contribution in [0.3, 0.4) is 0 Å². The van der Waals surface area contributed by atoms with Crippen LogP contribution in [0.5, 0.6) is 0 Å². The topological polar surface area (TPSA) is 46.6 Å². The number of amides is 1. The average Bonchev–Trinajstić information content (AvgIpc) is 3.08. The Kier molecular flexibility index (Phi) is 5.85. The van der Waals surface area contributed by atoms with Gasteiger partial charge in [0.25, 0.3) is 5.91 Å². The van der Waals surface area contributed by atoms with Crippen molar-refractivity contribution in [2.75, 3.05) is 13.2 Å². The summed E-state index contributed by atoms with van der Waals surface area (Å²) >= 11 is 0. The number of halogens is 1. The first-order valence-electron chi connectivity index (χ1n) is 10.4. The molecule has 3 aromatic rings. The van der Waals surface area contributed by atoms with Crippen LogP contribution in [0.2, 0.25) is 0 Å². The molecule has 0 spiro atoms. The second-order valence-electron chi connectivity index (χ2n) is 7.61. The maximum absolute atomic E-state index is 14.4. The maximum atomic E-state index is 14.4. The number of carbonyl (C=O) groups excluding carboxylic acids is 2. The number of fused-ring (bicyclic) bond motifs is 1. The molecule has 0 unspecified atom stereocenters. The molecule has 1 aliphatic rings. The van der Waals surface area contributed by atoms with Crippen molar-refractivity contribution in [2.45, 2.75) is 26.8 Å². The van der Waals surface area contributed by atoms with Crippen LogP contribution in [-0.2, 0) is 16.1 Å². The highest BCUT2D eigenvalue weighted by Gasteiger charge is 2.28. The minimum atomic E-state index is -0.299. The Balaban J connectivity index is 1.61. The predicted octanol–water partition coefficient (Wildman–Crippen LogP) is 5.38. The molecule has 4 rings (SSSR count). The first-order valence-corrected chi connectivity index (χ1v) is 10.4. The van der Waals surface area contributed by atoms with Crippen molar-refractivity contribution in [1.82, 2.24) is 4.90 Å². The molecule has 5 heteroatoms. The molecule has 1 aliphatic heterocycles. The summed E-state index contributed by atoms with van der Waals surface area (Å²) in [6.45, 7) is 4.89. The van der Waals surface area contributed by atoms with Gasteiger partial charge in [0.1, 0.15) is 5.82 Å². The zero-order valence-corrected chi connectivity index (χ0v) is 17.7. The summed E-state index contributed by atoms with van der Waals surface area (Å²) in [5.41, 5.74) is 5.98. The van der Waals surface area contributed by atoms with Crippen molar-refractivity contribution in [2.24, 2.45) is 0 Å². The van der Waals surface area contributed by atoms with Crippen molar-refractivity contribution in [3.05, 3.63) is 83.2 Å². The lowest BCUT2D eigenvalue weighted by Crippen LogP contribution is -2.27. The van der Waals surface area contributed by atoms with Crippen LogP contribution in [0.4, 0.5) is 4.39 Å². The summed E-state index contributed by atoms with van der Waals surface area (Å²) in [6.07, 6.45) is 0.185. The molecule has 4 nitrogen and oxygen atoms in total. The van der Waals surface area contributed by atoms with Crippen LogP contribution in [0.25, 0.3) is 22.3 Å². The highest BCUT2D eigenvalue weighted by atomic mass is 19.1. The zero-order chi connectivity index (χ0) is 22.0. The number of hydrogen-bond acceptors (Lipinski definition) is 3. The molecule has 31 heavy (non-hydrogen) atoms. The molecule has 1 heterocycles. The van der Waals surface area contributed by atoms with Crippen molar-refractivity contribution in [3.8, 4) is 22.3 Å². The molecule has 0 saturated carbocycles. The fraction of sp³-hybridized carbons (Fsp3) is 0.231. The van der Waals surface area contributed by atoms with Gasteiger partial charge in [0.2, 0.25) is 0 Å². The van der Waals surface area contributed by atoms with E-state index in [0.29, 0.717) is 30.8 Å². The van der Waals surface area contributed by atoms with Gasteiger partial charge < -0.3 is 9.64 Å². The number of rotatable bonds is 6. The number of ether oxygens (including phenoxy) is 1. The Hall–Kier alpha value is -3.47. The van der Waals surface area contributed by atoms with Gasteiger partial charge in [-0.05, 0) is 59.9 Å². The van der Waals surface area contributed by atoms with Gasteiger partial charge in [0, 0.05) is 24.2 Å². The van der Waals surface area contributed by atoms with Crippen LogP contribution in [0, 0.1) is 12.7 Å². The van der Waals surface area contributed by atoms with Gasteiger partial charge in [-0.3, -0.25) is 9.59 Å². The van der Waals surface area contributed by atoms with E-state index in [2.05, 4.69) is 0 Å². The molecule has 0 radical (unpaired) electrons. The fourth-order valence-electron chi connectivity index (χ4n) is 4.11. The van der Waals surface area contributed by atoms with Crippen molar-refractivity contribution in [1.29, 1.82) is 0 Å². The Morgan fingerprint density at radius 3 is 2.52 bits per heavy atom. The quantitative estimate of drug-likeness (QED) is 0.506. The van der Waals surface area contributed by atoms with Gasteiger partial charge in [0.15, 0.2) is 0 Å². The van der Waals surface area contributed by atoms with Gasteiger partial charge in [-0.25, -0.2) is 4.39 Å². The van der Waals surface area contributed by atoms with Gasteiger partial charge in [0.05, 0.1) is 13.0 Å². The molecular formula is C26H24FNO3. The second kappa shape index (κ2) is 8.72. The van der Waals surface area contributed by atoms with Crippen LogP contribution in [-0.4, -0.2) is 29.9 Å². The molecule has 0 N–H and O–H groups in total. The van der Waals surface area contributed by atoms with E-state index in [1.807, 2.05) is 49.4 Å². The van der Waals surface area contributed by atoms with E-state index < -0.39 is 0 Å². The smallest absolute Gasteiger partial charge is 0.307 e. The van der Waals surface area contributed by atoms with Crippen LogP contribution in [0.1, 0.15) is 34.8 Å². The molecule has 3 aromatic carbocycles. The van der Waals surface area contributed by atoms with Crippen molar-refractivity contribution < 1.29 is 18.7 Å². The number of esters is 1. The highest BCUT2D eigenvalue weighted by molar-refractivity contribution is 5.99. The molecule has 0 fully saturated rings. The Morgan fingerprint density at radius 2 is 1.74 bits per heavy atom. The number of nitrogens with zero attached hydrogens (tertiary/aromatic N) is 1. The lowest BCUT2D eigenvalue weighted by molar-refractivity contribution is -0.143. The molecular weight excluding hydrogens is 393 g/mol.